The van der Waals surface area contributed by atoms with E-state index in [1.54, 1.807) is 12.1 Å². The average molecular weight is 307 g/mol. The largest absolute Gasteiger partial charge is 0.494 e. The van der Waals surface area contributed by atoms with Gasteiger partial charge >= 0.3 is 0 Å². The molecular formula is C15H21N3O4. The molecule has 1 aliphatic rings. The molecule has 0 saturated carbocycles. The van der Waals surface area contributed by atoms with Gasteiger partial charge in [0.1, 0.15) is 5.75 Å². The van der Waals surface area contributed by atoms with Crippen molar-refractivity contribution < 1.29 is 19.1 Å². The Labute approximate surface area is 129 Å². The van der Waals surface area contributed by atoms with Gasteiger partial charge in [-0.1, -0.05) is 0 Å². The fraction of sp³-hybridized carbons (Fsp3) is 0.467. The Morgan fingerprint density at radius 3 is 2.95 bits per heavy atom. The molecule has 7 heteroatoms. The summed E-state index contributed by atoms with van der Waals surface area (Å²) in [6.07, 6.45) is 0.269. The molecule has 0 aliphatic carbocycles. The molecule has 1 atom stereocenters. The van der Waals surface area contributed by atoms with E-state index in [4.69, 9.17) is 15.2 Å². The monoisotopic (exact) mass is 307 g/mol. The van der Waals surface area contributed by atoms with E-state index in [9.17, 15) is 9.59 Å². The van der Waals surface area contributed by atoms with Gasteiger partial charge in [-0.05, 0) is 25.1 Å². The third kappa shape index (κ3) is 4.44. The molecule has 0 aromatic heterocycles. The van der Waals surface area contributed by atoms with Crippen LogP contribution in [0.4, 0.5) is 5.69 Å². The number of rotatable bonds is 6. The zero-order valence-corrected chi connectivity index (χ0v) is 12.6. The number of hydrogen-bond acceptors (Lipinski definition) is 5. The van der Waals surface area contributed by atoms with Gasteiger partial charge in [0.15, 0.2) is 0 Å². The van der Waals surface area contributed by atoms with Crippen LogP contribution in [0.15, 0.2) is 18.2 Å². The van der Waals surface area contributed by atoms with Crippen LogP contribution in [-0.4, -0.2) is 44.2 Å². The molecule has 0 spiro atoms. The van der Waals surface area contributed by atoms with Gasteiger partial charge in [0.25, 0.3) is 5.91 Å². The lowest BCUT2D eigenvalue weighted by atomic mass is 10.1. The molecule has 1 aliphatic heterocycles. The Bertz CT molecular complexity index is 542. The minimum Gasteiger partial charge on any atom is -0.494 e. The first-order valence-corrected chi connectivity index (χ1v) is 7.27. The van der Waals surface area contributed by atoms with Crippen molar-refractivity contribution in [3.8, 4) is 5.75 Å². The van der Waals surface area contributed by atoms with Crippen LogP contribution in [0.2, 0.25) is 0 Å². The first-order chi connectivity index (χ1) is 10.6. The van der Waals surface area contributed by atoms with Crippen LogP contribution in [0, 0.1) is 0 Å². The minimum absolute atomic E-state index is 0.0199. The first-order valence-electron chi connectivity index (χ1n) is 7.27. The maximum Gasteiger partial charge on any atom is 0.250 e. The summed E-state index contributed by atoms with van der Waals surface area (Å²) >= 11 is 0. The van der Waals surface area contributed by atoms with Gasteiger partial charge in [0, 0.05) is 19.0 Å². The first kappa shape index (κ1) is 16.3. The molecular weight excluding hydrogens is 286 g/mol. The van der Waals surface area contributed by atoms with Crippen molar-refractivity contribution in [1.82, 2.24) is 5.32 Å². The Hall–Kier alpha value is -2.12. The van der Waals surface area contributed by atoms with Gasteiger partial charge < -0.3 is 25.8 Å². The van der Waals surface area contributed by atoms with Crippen molar-refractivity contribution in [2.75, 3.05) is 31.7 Å². The van der Waals surface area contributed by atoms with Gasteiger partial charge in [0.2, 0.25) is 5.91 Å². The van der Waals surface area contributed by atoms with E-state index in [1.807, 2.05) is 6.92 Å². The lowest BCUT2D eigenvalue weighted by Crippen LogP contribution is -2.43. The van der Waals surface area contributed by atoms with E-state index in [1.165, 1.54) is 6.07 Å². The van der Waals surface area contributed by atoms with Crippen LogP contribution in [0.1, 0.15) is 23.7 Å². The number of amides is 2. The summed E-state index contributed by atoms with van der Waals surface area (Å²) in [6.45, 7) is 4.21. The smallest absolute Gasteiger partial charge is 0.250 e. The number of anilines is 1. The Morgan fingerprint density at radius 2 is 2.32 bits per heavy atom. The molecule has 2 rings (SSSR count). The van der Waals surface area contributed by atoms with Crippen molar-refractivity contribution in [3.05, 3.63) is 23.8 Å². The van der Waals surface area contributed by atoms with Crippen LogP contribution >= 0.6 is 0 Å². The van der Waals surface area contributed by atoms with Gasteiger partial charge in [-0.3, -0.25) is 9.59 Å². The fourth-order valence-corrected chi connectivity index (χ4v) is 2.27. The summed E-state index contributed by atoms with van der Waals surface area (Å²) in [7, 11) is 0. The normalized spacial score (nSPS) is 17.8. The maximum atomic E-state index is 12.1. The van der Waals surface area contributed by atoms with Gasteiger partial charge in [-0.2, -0.15) is 0 Å². The van der Waals surface area contributed by atoms with E-state index in [2.05, 4.69) is 10.6 Å². The van der Waals surface area contributed by atoms with E-state index in [0.29, 0.717) is 31.3 Å². The Kier molecular flexibility index (Phi) is 5.74. The molecule has 7 nitrogen and oxygen atoms in total. The standard InChI is InChI=1S/C15H21N3O4/c1-2-22-11-3-4-13(12(8-11)15(16)20)18-14(19)7-10-9-21-6-5-17-10/h3-4,8,10,17H,2,5-7,9H2,1H3,(H2,16,20)(H,18,19). The number of hydrogen-bond donors (Lipinski definition) is 3. The highest BCUT2D eigenvalue weighted by atomic mass is 16.5. The molecule has 0 radical (unpaired) electrons. The van der Waals surface area contributed by atoms with Crippen molar-refractivity contribution in [1.29, 1.82) is 0 Å². The zero-order valence-electron chi connectivity index (χ0n) is 12.6. The zero-order chi connectivity index (χ0) is 15.9. The van der Waals surface area contributed by atoms with Crippen LogP contribution in [0.5, 0.6) is 5.75 Å². The Morgan fingerprint density at radius 1 is 1.50 bits per heavy atom. The molecule has 2 amide bonds. The van der Waals surface area contributed by atoms with E-state index in [0.717, 1.165) is 6.54 Å². The number of ether oxygens (including phenoxy) is 2. The van der Waals surface area contributed by atoms with E-state index >= 15 is 0 Å². The average Bonchev–Trinajstić information content (AvgIpc) is 2.49. The van der Waals surface area contributed by atoms with E-state index in [-0.39, 0.29) is 23.9 Å². The lowest BCUT2D eigenvalue weighted by molar-refractivity contribution is -0.117. The minimum atomic E-state index is -0.615. The number of benzene rings is 1. The molecule has 0 bridgehead atoms. The molecule has 1 aromatic carbocycles. The quantitative estimate of drug-likeness (QED) is 0.710. The number of primary amides is 1. The number of carbonyl (C=O) groups excluding carboxylic acids is 2. The van der Waals surface area contributed by atoms with Crippen LogP contribution in [0.25, 0.3) is 0 Å². The molecule has 4 N–H and O–H groups in total. The van der Waals surface area contributed by atoms with Crippen LogP contribution in [0.3, 0.4) is 0 Å². The van der Waals surface area contributed by atoms with E-state index < -0.39 is 5.91 Å². The summed E-state index contributed by atoms with van der Waals surface area (Å²) in [4.78, 5) is 23.6. The van der Waals surface area contributed by atoms with Crippen molar-refractivity contribution in [2.24, 2.45) is 5.73 Å². The van der Waals surface area contributed by atoms with Crippen molar-refractivity contribution in [2.45, 2.75) is 19.4 Å². The summed E-state index contributed by atoms with van der Waals surface area (Å²) in [5.41, 5.74) is 5.98. The molecule has 120 valence electrons. The summed E-state index contributed by atoms with van der Waals surface area (Å²) in [5, 5.41) is 5.92. The van der Waals surface area contributed by atoms with Gasteiger partial charge in [-0.25, -0.2) is 0 Å². The summed E-state index contributed by atoms with van der Waals surface area (Å²) in [6, 6.07) is 4.82. The summed E-state index contributed by atoms with van der Waals surface area (Å²) < 4.78 is 10.6. The summed E-state index contributed by atoms with van der Waals surface area (Å²) in [5.74, 6) is -0.276. The molecule has 1 aromatic rings. The highest BCUT2D eigenvalue weighted by Crippen LogP contribution is 2.22. The van der Waals surface area contributed by atoms with Crippen molar-refractivity contribution in [3.63, 3.8) is 0 Å². The van der Waals surface area contributed by atoms with Crippen LogP contribution < -0.4 is 21.1 Å². The highest BCUT2D eigenvalue weighted by molar-refractivity contribution is 6.03. The number of carbonyl (C=O) groups is 2. The molecule has 22 heavy (non-hydrogen) atoms. The number of nitrogens with one attached hydrogen (secondary N) is 2. The second-order valence-corrected chi connectivity index (χ2v) is 4.98. The number of morpholine rings is 1. The fourth-order valence-electron chi connectivity index (χ4n) is 2.27. The molecule has 1 saturated heterocycles. The molecule has 1 heterocycles. The Balaban J connectivity index is 2.04. The predicted octanol–water partition coefficient (Wildman–Crippen LogP) is 0.501. The third-order valence-corrected chi connectivity index (χ3v) is 3.27. The SMILES string of the molecule is CCOc1ccc(NC(=O)CC2COCCN2)c(C(N)=O)c1. The third-order valence-electron chi connectivity index (χ3n) is 3.27. The molecule has 1 fully saturated rings. The number of nitrogens with two attached hydrogens (primary N) is 1. The lowest BCUT2D eigenvalue weighted by Gasteiger charge is -2.23. The highest BCUT2D eigenvalue weighted by Gasteiger charge is 2.18. The predicted molar refractivity (Wildman–Crippen MR) is 82.0 cm³/mol. The van der Waals surface area contributed by atoms with Crippen molar-refractivity contribution >= 4 is 17.5 Å². The van der Waals surface area contributed by atoms with Crippen LogP contribution in [-0.2, 0) is 9.53 Å². The van der Waals surface area contributed by atoms with Gasteiger partial charge in [-0.15, -0.1) is 0 Å². The second kappa shape index (κ2) is 7.77. The topological polar surface area (TPSA) is 103 Å². The van der Waals surface area contributed by atoms with Gasteiger partial charge in [0.05, 0.1) is 31.1 Å². The molecule has 1 unspecified atom stereocenters. The maximum absolute atomic E-state index is 12.1. The second-order valence-electron chi connectivity index (χ2n) is 4.98.